The Morgan fingerprint density at radius 3 is 2.45 bits per heavy atom. The lowest BCUT2D eigenvalue weighted by Gasteiger charge is -2.31. The molecule has 0 saturated carbocycles. The van der Waals surface area contributed by atoms with Crippen LogP contribution < -0.4 is 0 Å². The van der Waals surface area contributed by atoms with E-state index in [2.05, 4.69) is 6.08 Å². The first-order valence-corrected chi connectivity index (χ1v) is 6.63. The van der Waals surface area contributed by atoms with Crippen molar-refractivity contribution >= 4 is 5.91 Å². The fraction of sp³-hybridized carbons (Fsp3) is 0.400. The Balaban J connectivity index is 1.83. The topological polar surface area (TPSA) is 20.3 Å². The van der Waals surface area contributed by atoms with Crippen LogP contribution in [0, 0.1) is 0 Å². The van der Waals surface area contributed by atoms with Gasteiger partial charge in [-0.1, -0.05) is 12.2 Å². The molecule has 1 amide bonds. The van der Waals surface area contributed by atoms with Crippen LogP contribution in [-0.2, 0) is 6.18 Å². The molecule has 0 aromatic heterocycles. The average Bonchev–Trinajstić information content (AvgIpc) is 2.66. The van der Waals surface area contributed by atoms with E-state index in [-0.39, 0.29) is 18.0 Å². The second kappa shape index (κ2) is 4.65. The lowest BCUT2D eigenvalue weighted by atomic mass is 10.1. The van der Waals surface area contributed by atoms with Crippen molar-refractivity contribution in [3.63, 3.8) is 0 Å². The van der Waals surface area contributed by atoms with Gasteiger partial charge in [0.15, 0.2) is 0 Å². The predicted octanol–water partition coefficient (Wildman–Crippen LogP) is 3.64. The average molecular weight is 281 g/mol. The van der Waals surface area contributed by atoms with E-state index in [0.717, 1.165) is 31.4 Å². The van der Waals surface area contributed by atoms with Crippen LogP contribution in [0.25, 0.3) is 0 Å². The Morgan fingerprint density at radius 2 is 1.85 bits per heavy atom. The first-order valence-electron chi connectivity index (χ1n) is 6.63. The molecule has 0 radical (unpaired) electrons. The largest absolute Gasteiger partial charge is 0.416 e. The van der Waals surface area contributed by atoms with E-state index in [1.165, 1.54) is 12.1 Å². The molecule has 0 spiro atoms. The van der Waals surface area contributed by atoms with Crippen molar-refractivity contribution < 1.29 is 18.0 Å². The maximum absolute atomic E-state index is 12.5. The summed E-state index contributed by atoms with van der Waals surface area (Å²) in [5.74, 6) is -0.171. The van der Waals surface area contributed by atoms with Gasteiger partial charge in [0.25, 0.3) is 5.91 Å². The first kappa shape index (κ1) is 13.2. The minimum atomic E-state index is -4.37. The molecule has 2 aliphatic rings. The molecule has 2 atom stereocenters. The summed E-state index contributed by atoms with van der Waals surface area (Å²) in [7, 11) is 0. The second-order valence-electron chi connectivity index (χ2n) is 5.25. The summed E-state index contributed by atoms with van der Waals surface area (Å²) in [4.78, 5) is 14.2. The van der Waals surface area contributed by atoms with Crippen LogP contribution in [0.5, 0.6) is 0 Å². The van der Waals surface area contributed by atoms with Crippen molar-refractivity contribution in [3.05, 3.63) is 47.5 Å². The van der Waals surface area contributed by atoms with Gasteiger partial charge >= 0.3 is 6.18 Å². The van der Waals surface area contributed by atoms with Crippen LogP contribution in [0.4, 0.5) is 13.2 Å². The molecular weight excluding hydrogens is 267 g/mol. The van der Waals surface area contributed by atoms with E-state index in [1.807, 2.05) is 11.0 Å². The number of hydrogen-bond donors (Lipinski definition) is 0. The normalized spacial score (nSPS) is 25.1. The van der Waals surface area contributed by atoms with E-state index in [4.69, 9.17) is 0 Å². The summed E-state index contributed by atoms with van der Waals surface area (Å²) in [6.07, 6.45) is 2.47. The van der Waals surface area contributed by atoms with Gasteiger partial charge in [-0.15, -0.1) is 0 Å². The Hall–Kier alpha value is -1.78. The summed E-state index contributed by atoms with van der Waals surface area (Å²) in [6, 6.07) is 4.76. The molecule has 1 aromatic rings. The molecule has 0 aliphatic carbocycles. The van der Waals surface area contributed by atoms with Gasteiger partial charge in [-0.3, -0.25) is 4.79 Å². The van der Waals surface area contributed by atoms with Gasteiger partial charge in [0.1, 0.15) is 0 Å². The van der Waals surface area contributed by atoms with Crippen molar-refractivity contribution in [2.45, 2.75) is 37.5 Å². The molecule has 2 unspecified atom stereocenters. The van der Waals surface area contributed by atoms with Gasteiger partial charge in [-0.2, -0.15) is 13.2 Å². The third-order valence-corrected chi connectivity index (χ3v) is 4.01. The highest BCUT2D eigenvalue weighted by Gasteiger charge is 2.37. The zero-order valence-electron chi connectivity index (χ0n) is 10.7. The van der Waals surface area contributed by atoms with Gasteiger partial charge in [0, 0.05) is 11.6 Å². The van der Waals surface area contributed by atoms with Crippen molar-refractivity contribution in [1.82, 2.24) is 4.90 Å². The minimum absolute atomic E-state index is 0.101. The fourth-order valence-corrected chi connectivity index (χ4v) is 2.99. The molecule has 1 saturated heterocycles. The number of alkyl halides is 3. The Labute approximate surface area is 114 Å². The van der Waals surface area contributed by atoms with Gasteiger partial charge in [0.05, 0.1) is 11.6 Å². The highest BCUT2D eigenvalue weighted by molar-refractivity contribution is 5.95. The standard InChI is InChI=1S/C15H14F3NO/c16-15(17,18)11-6-4-10(5-7-11)14(20)19-12-2-1-3-13(19)9-8-12/h1-2,4-7,12-13H,3,8-9H2. The SMILES string of the molecule is O=C(c1ccc(C(F)(F)F)cc1)N1C2C=CCC1CC2. The van der Waals surface area contributed by atoms with Crippen molar-refractivity contribution in [1.29, 1.82) is 0 Å². The van der Waals surface area contributed by atoms with Crippen LogP contribution in [0.2, 0.25) is 0 Å². The lowest BCUT2D eigenvalue weighted by molar-refractivity contribution is -0.137. The van der Waals surface area contributed by atoms with Crippen LogP contribution in [0.3, 0.4) is 0 Å². The predicted molar refractivity (Wildman–Crippen MR) is 68.2 cm³/mol. The number of carbonyl (C=O) groups excluding carboxylic acids is 1. The molecule has 2 heterocycles. The molecule has 20 heavy (non-hydrogen) atoms. The molecule has 5 heteroatoms. The van der Waals surface area contributed by atoms with E-state index in [0.29, 0.717) is 5.56 Å². The number of amides is 1. The summed E-state index contributed by atoms with van der Waals surface area (Å²) in [5.41, 5.74) is -0.402. The molecule has 106 valence electrons. The summed E-state index contributed by atoms with van der Waals surface area (Å²) < 4.78 is 37.5. The molecular formula is C15H14F3NO. The van der Waals surface area contributed by atoms with Gasteiger partial charge in [-0.25, -0.2) is 0 Å². The number of fused-ring (bicyclic) bond motifs is 2. The lowest BCUT2D eigenvalue weighted by Crippen LogP contribution is -2.42. The number of benzene rings is 1. The highest BCUT2D eigenvalue weighted by atomic mass is 19.4. The number of rotatable bonds is 1. The summed E-state index contributed by atoms with van der Waals surface area (Å²) in [6.45, 7) is 0. The van der Waals surface area contributed by atoms with Crippen LogP contribution in [-0.4, -0.2) is 22.9 Å². The number of nitrogens with zero attached hydrogens (tertiary/aromatic N) is 1. The molecule has 1 fully saturated rings. The maximum atomic E-state index is 12.5. The van der Waals surface area contributed by atoms with Crippen molar-refractivity contribution in [3.8, 4) is 0 Å². The van der Waals surface area contributed by atoms with E-state index < -0.39 is 11.7 Å². The fourth-order valence-electron chi connectivity index (χ4n) is 2.99. The Bertz CT molecular complexity index is 547. The molecule has 3 rings (SSSR count). The third kappa shape index (κ3) is 2.21. The smallest absolute Gasteiger partial charge is 0.329 e. The van der Waals surface area contributed by atoms with Crippen molar-refractivity contribution in [2.24, 2.45) is 0 Å². The zero-order valence-corrected chi connectivity index (χ0v) is 10.7. The highest BCUT2D eigenvalue weighted by Crippen LogP contribution is 2.33. The van der Waals surface area contributed by atoms with Gasteiger partial charge in [-0.05, 0) is 43.5 Å². The molecule has 2 aliphatic heterocycles. The van der Waals surface area contributed by atoms with Crippen molar-refractivity contribution in [2.75, 3.05) is 0 Å². The number of carbonyl (C=O) groups is 1. The molecule has 1 aromatic carbocycles. The Morgan fingerprint density at radius 1 is 1.15 bits per heavy atom. The van der Waals surface area contributed by atoms with Crippen LogP contribution in [0.1, 0.15) is 35.2 Å². The molecule has 2 nitrogen and oxygen atoms in total. The number of halogens is 3. The monoisotopic (exact) mass is 281 g/mol. The zero-order chi connectivity index (χ0) is 14.3. The third-order valence-electron chi connectivity index (χ3n) is 4.01. The van der Waals surface area contributed by atoms with E-state index in [9.17, 15) is 18.0 Å². The molecule has 2 bridgehead atoms. The van der Waals surface area contributed by atoms with Gasteiger partial charge < -0.3 is 4.90 Å². The first-order chi connectivity index (χ1) is 9.47. The van der Waals surface area contributed by atoms with Gasteiger partial charge in [0.2, 0.25) is 0 Å². The summed E-state index contributed by atoms with van der Waals surface area (Å²) >= 11 is 0. The maximum Gasteiger partial charge on any atom is 0.416 e. The quantitative estimate of drug-likeness (QED) is 0.720. The van der Waals surface area contributed by atoms with E-state index >= 15 is 0 Å². The van der Waals surface area contributed by atoms with Crippen LogP contribution in [0.15, 0.2) is 36.4 Å². The molecule has 0 N–H and O–H groups in total. The summed E-state index contributed by atoms with van der Waals surface area (Å²) in [5, 5.41) is 0. The second-order valence-corrected chi connectivity index (χ2v) is 5.25. The minimum Gasteiger partial charge on any atom is -0.329 e. The Kier molecular flexibility index (Phi) is 3.07. The number of hydrogen-bond acceptors (Lipinski definition) is 1. The van der Waals surface area contributed by atoms with E-state index in [1.54, 1.807) is 0 Å². The van der Waals surface area contributed by atoms with Crippen LogP contribution >= 0.6 is 0 Å².